The van der Waals surface area contributed by atoms with Gasteiger partial charge < -0.3 is 13.7 Å². The second kappa shape index (κ2) is 6.24. The molecule has 128 valence electrons. The highest BCUT2D eigenvalue weighted by molar-refractivity contribution is 5.79. The SMILES string of the molecule is Cc1oc(-c2ccco2)nc1CC(=O)N(C)C1Cc2ccccc2C1. The van der Waals surface area contributed by atoms with Crippen molar-refractivity contribution >= 4 is 5.91 Å². The van der Waals surface area contributed by atoms with Crippen molar-refractivity contribution in [2.45, 2.75) is 32.2 Å². The van der Waals surface area contributed by atoms with Crippen molar-refractivity contribution in [2.75, 3.05) is 7.05 Å². The average molecular weight is 336 g/mol. The maximum Gasteiger partial charge on any atom is 0.263 e. The second-order valence-electron chi connectivity index (χ2n) is 6.51. The van der Waals surface area contributed by atoms with Gasteiger partial charge in [0.2, 0.25) is 5.91 Å². The zero-order chi connectivity index (χ0) is 17.4. The summed E-state index contributed by atoms with van der Waals surface area (Å²) in [5.74, 6) is 1.70. The Morgan fingerprint density at radius 2 is 1.92 bits per heavy atom. The Balaban J connectivity index is 1.46. The molecular formula is C20H20N2O3. The number of benzene rings is 1. The Labute approximate surface area is 146 Å². The van der Waals surface area contributed by atoms with E-state index in [2.05, 4.69) is 29.2 Å². The van der Waals surface area contributed by atoms with E-state index in [4.69, 9.17) is 8.83 Å². The summed E-state index contributed by atoms with van der Waals surface area (Å²) in [6.07, 6.45) is 3.63. The molecule has 2 aromatic heterocycles. The summed E-state index contributed by atoms with van der Waals surface area (Å²) in [4.78, 5) is 19.0. The van der Waals surface area contributed by atoms with Gasteiger partial charge in [-0.05, 0) is 43.0 Å². The lowest BCUT2D eigenvalue weighted by atomic mass is 10.1. The molecule has 5 heteroatoms. The second-order valence-corrected chi connectivity index (χ2v) is 6.51. The summed E-state index contributed by atoms with van der Waals surface area (Å²) in [5.41, 5.74) is 3.34. The molecule has 0 unspecified atom stereocenters. The van der Waals surface area contributed by atoms with E-state index in [1.165, 1.54) is 11.1 Å². The number of carbonyl (C=O) groups is 1. The summed E-state index contributed by atoms with van der Waals surface area (Å²) in [6.45, 7) is 1.83. The van der Waals surface area contributed by atoms with Crippen molar-refractivity contribution in [3.8, 4) is 11.7 Å². The Bertz CT molecular complexity index is 871. The van der Waals surface area contributed by atoms with Crippen LogP contribution in [0.15, 0.2) is 51.5 Å². The molecule has 25 heavy (non-hydrogen) atoms. The molecule has 0 atom stereocenters. The number of hydrogen-bond donors (Lipinski definition) is 0. The third-order valence-electron chi connectivity index (χ3n) is 4.91. The third kappa shape index (κ3) is 2.97. The molecule has 3 aromatic rings. The summed E-state index contributed by atoms with van der Waals surface area (Å²) < 4.78 is 10.9. The van der Waals surface area contributed by atoms with Crippen LogP contribution in [0.4, 0.5) is 0 Å². The van der Waals surface area contributed by atoms with Crippen molar-refractivity contribution in [3.05, 3.63) is 65.2 Å². The van der Waals surface area contributed by atoms with E-state index in [0.29, 0.717) is 23.1 Å². The zero-order valence-electron chi connectivity index (χ0n) is 14.4. The van der Waals surface area contributed by atoms with Crippen molar-refractivity contribution < 1.29 is 13.6 Å². The van der Waals surface area contributed by atoms with Crippen LogP contribution < -0.4 is 0 Å². The summed E-state index contributed by atoms with van der Waals surface area (Å²) >= 11 is 0. The Hall–Kier alpha value is -2.82. The number of hydrogen-bond acceptors (Lipinski definition) is 4. The number of amides is 1. The van der Waals surface area contributed by atoms with Gasteiger partial charge in [-0.15, -0.1) is 0 Å². The molecule has 1 aliphatic rings. The lowest BCUT2D eigenvalue weighted by Crippen LogP contribution is -2.38. The topological polar surface area (TPSA) is 59.5 Å². The van der Waals surface area contributed by atoms with Crippen LogP contribution >= 0.6 is 0 Å². The Morgan fingerprint density at radius 1 is 1.20 bits per heavy atom. The molecule has 0 saturated carbocycles. The van der Waals surface area contributed by atoms with E-state index in [0.717, 1.165) is 12.8 Å². The number of oxazole rings is 1. The standard InChI is InChI=1S/C20H20N2O3/c1-13-17(21-20(25-13)18-8-5-9-24-18)12-19(23)22(2)16-10-14-6-3-4-7-15(14)11-16/h3-9,16H,10-12H2,1-2H3. The maximum atomic E-state index is 12.7. The quantitative estimate of drug-likeness (QED) is 0.732. The molecule has 0 fully saturated rings. The largest absolute Gasteiger partial charge is 0.459 e. The lowest BCUT2D eigenvalue weighted by molar-refractivity contribution is -0.131. The number of aromatic nitrogens is 1. The Morgan fingerprint density at radius 3 is 2.56 bits per heavy atom. The first-order valence-corrected chi connectivity index (χ1v) is 8.44. The van der Waals surface area contributed by atoms with Gasteiger partial charge in [-0.3, -0.25) is 4.79 Å². The number of furan rings is 1. The highest BCUT2D eigenvalue weighted by atomic mass is 16.4. The highest BCUT2D eigenvalue weighted by Crippen LogP contribution is 2.26. The molecule has 1 aromatic carbocycles. The highest BCUT2D eigenvalue weighted by Gasteiger charge is 2.28. The van der Waals surface area contributed by atoms with Gasteiger partial charge in [0.15, 0.2) is 5.76 Å². The molecule has 0 aliphatic heterocycles. The molecule has 0 N–H and O–H groups in total. The van der Waals surface area contributed by atoms with Crippen molar-refractivity contribution in [1.82, 2.24) is 9.88 Å². The molecule has 0 bridgehead atoms. The number of nitrogens with zero attached hydrogens (tertiary/aromatic N) is 2. The molecule has 2 heterocycles. The minimum atomic E-state index is 0.0557. The smallest absolute Gasteiger partial charge is 0.263 e. The fourth-order valence-electron chi connectivity index (χ4n) is 3.38. The van der Waals surface area contributed by atoms with Gasteiger partial charge in [-0.1, -0.05) is 24.3 Å². The monoisotopic (exact) mass is 336 g/mol. The van der Waals surface area contributed by atoms with Gasteiger partial charge in [-0.25, -0.2) is 4.98 Å². The van der Waals surface area contributed by atoms with Crippen molar-refractivity contribution in [3.63, 3.8) is 0 Å². The average Bonchev–Trinajstić information content (AvgIpc) is 3.33. The first-order valence-electron chi connectivity index (χ1n) is 8.44. The van der Waals surface area contributed by atoms with Gasteiger partial charge >= 0.3 is 0 Å². The minimum absolute atomic E-state index is 0.0557. The van der Waals surface area contributed by atoms with Gasteiger partial charge in [0.25, 0.3) is 5.89 Å². The summed E-state index contributed by atoms with van der Waals surface area (Å²) in [5, 5.41) is 0. The molecule has 5 nitrogen and oxygen atoms in total. The number of rotatable bonds is 4. The molecule has 0 spiro atoms. The molecule has 0 saturated heterocycles. The van der Waals surface area contributed by atoms with E-state index >= 15 is 0 Å². The van der Waals surface area contributed by atoms with E-state index in [9.17, 15) is 4.79 Å². The van der Waals surface area contributed by atoms with E-state index < -0.39 is 0 Å². The normalized spacial score (nSPS) is 13.8. The van der Waals surface area contributed by atoms with E-state index in [1.54, 1.807) is 18.4 Å². The maximum absolute atomic E-state index is 12.7. The molecule has 4 rings (SSSR count). The molecule has 1 aliphatic carbocycles. The van der Waals surface area contributed by atoms with Crippen LogP contribution in [0.3, 0.4) is 0 Å². The Kier molecular flexibility index (Phi) is 3.92. The van der Waals surface area contributed by atoms with Crippen LogP contribution in [0.2, 0.25) is 0 Å². The first-order chi connectivity index (χ1) is 12.1. The van der Waals surface area contributed by atoms with Crippen LogP contribution in [0, 0.1) is 6.92 Å². The fraction of sp³-hybridized carbons (Fsp3) is 0.300. The number of likely N-dealkylation sites (N-methyl/N-ethyl adjacent to an activating group) is 1. The minimum Gasteiger partial charge on any atom is -0.459 e. The predicted molar refractivity (Wildman–Crippen MR) is 93.1 cm³/mol. The van der Waals surface area contributed by atoms with Crippen LogP contribution in [-0.2, 0) is 24.1 Å². The van der Waals surface area contributed by atoms with E-state index in [-0.39, 0.29) is 18.4 Å². The van der Waals surface area contributed by atoms with Gasteiger partial charge in [0.1, 0.15) is 5.76 Å². The van der Waals surface area contributed by atoms with Crippen LogP contribution in [0.1, 0.15) is 22.6 Å². The summed E-state index contributed by atoms with van der Waals surface area (Å²) in [6, 6.07) is 12.2. The van der Waals surface area contributed by atoms with Crippen molar-refractivity contribution in [2.24, 2.45) is 0 Å². The first kappa shape index (κ1) is 15.7. The van der Waals surface area contributed by atoms with Crippen molar-refractivity contribution in [1.29, 1.82) is 0 Å². The van der Waals surface area contributed by atoms with Crippen LogP contribution in [-0.4, -0.2) is 28.9 Å². The molecular weight excluding hydrogens is 316 g/mol. The van der Waals surface area contributed by atoms with Crippen LogP contribution in [0.5, 0.6) is 0 Å². The number of aryl methyl sites for hydroxylation is 1. The molecule has 1 amide bonds. The van der Waals surface area contributed by atoms with Crippen LogP contribution in [0.25, 0.3) is 11.7 Å². The molecule has 0 radical (unpaired) electrons. The van der Waals surface area contributed by atoms with Gasteiger partial charge in [0, 0.05) is 13.1 Å². The zero-order valence-corrected chi connectivity index (χ0v) is 14.4. The van der Waals surface area contributed by atoms with Gasteiger partial charge in [-0.2, -0.15) is 0 Å². The predicted octanol–water partition coefficient (Wildman–Crippen LogP) is 3.41. The van der Waals surface area contributed by atoms with E-state index in [1.807, 2.05) is 18.9 Å². The fourth-order valence-corrected chi connectivity index (χ4v) is 3.38. The number of fused-ring (bicyclic) bond motifs is 1. The lowest BCUT2D eigenvalue weighted by Gasteiger charge is -2.24. The number of carbonyl (C=O) groups excluding carboxylic acids is 1. The van der Waals surface area contributed by atoms with Gasteiger partial charge in [0.05, 0.1) is 18.4 Å². The third-order valence-corrected chi connectivity index (χ3v) is 4.91. The summed E-state index contributed by atoms with van der Waals surface area (Å²) in [7, 11) is 1.88.